The number of hydrogen-bond donors (Lipinski definition) is 2. The minimum Gasteiger partial charge on any atom is -0.325 e. The Labute approximate surface area is 143 Å². The van der Waals surface area contributed by atoms with Gasteiger partial charge < -0.3 is 11.1 Å². The van der Waals surface area contributed by atoms with Crippen molar-refractivity contribution in [3.8, 4) is 0 Å². The van der Waals surface area contributed by atoms with Crippen molar-refractivity contribution in [3.05, 3.63) is 29.3 Å². The third-order valence-electron chi connectivity index (χ3n) is 3.26. The van der Waals surface area contributed by atoms with Crippen molar-refractivity contribution in [2.45, 2.75) is 13.5 Å². The number of nitrogens with two attached hydrogens (primary N) is 1. The summed E-state index contributed by atoms with van der Waals surface area (Å²) in [6.45, 7) is 5.35. The van der Waals surface area contributed by atoms with Crippen LogP contribution >= 0.6 is 36.6 Å². The van der Waals surface area contributed by atoms with Gasteiger partial charge in [-0.15, -0.1) is 24.8 Å². The Morgan fingerprint density at radius 3 is 2.57 bits per heavy atom. The molecular formula is C14H23Cl2N3OS. The van der Waals surface area contributed by atoms with Gasteiger partial charge >= 0.3 is 0 Å². The number of aryl methyl sites for hydroxylation is 1. The molecule has 0 atom stereocenters. The first-order valence-corrected chi connectivity index (χ1v) is 7.74. The molecule has 1 aliphatic heterocycles. The van der Waals surface area contributed by atoms with E-state index >= 15 is 0 Å². The summed E-state index contributed by atoms with van der Waals surface area (Å²) in [7, 11) is 0. The highest BCUT2D eigenvalue weighted by Crippen LogP contribution is 2.19. The Morgan fingerprint density at radius 2 is 2.00 bits per heavy atom. The minimum atomic E-state index is -0.149. The van der Waals surface area contributed by atoms with Gasteiger partial charge in [-0.2, -0.15) is 11.8 Å². The number of benzene rings is 1. The second-order valence-electron chi connectivity index (χ2n) is 4.79. The van der Waals surface area contributed by atoms with Crippen LogP contribution in [0.4, 0.5) is 5.69 Å². The van der Waals surface area contributed by atoms with Gasteiger partial charge in [0.2, 0.25) is 5.91 Å². The Balaban J connectivity index is 0.00000200. The summed E-state index contributed by atoms with van der Waals surface area (Å²) >= 11 is 2.02. The molecule has 0 saturated carbocycles. The summed E-state index contributed by atoms with van der Waals surface area (Å²) in [5.41, 5.74) is 8.55. The van der Waals surface area contributed by atoms with Crippen LogP contribution in [0.15, 0.2) is 18.2 Å². The summed E-state index contributed by atoms with van der Waals surface area (Å²) in [6.07, 6.45) is 0. The largest absolute Gasteiger partial charge is 0.325 e. The highest BCUT2D eigenvalue weighted by molar-refractivity contribution is 7.99. The predicted molar refractivity (Wildman–Crippen MR) is 96.0 cm³/mol. The fraction of sp³-hybridized carbons (Fsp3) is 0.500. The standard InChI is InChI=1S/C14H21N3OS.2ClH/c1-11-8-12(10-17-4-6-19-7-5-17)2-3-13(11)16-14(18)9-15;;/h2-3,8H,4-7,9-10,15H2,1H3,(H,16,18);2*1H. The number of carbonyl (C=O) groups is 1. The van der Waals surface area contributed by atoms with E-state index in [4.69, 9.17) is 5.73 Å². The maximum absolute atomic E-state index is 11.3. The van der Waals surface area contributed by atoms with Crippen LogP contribution in [0.25, 0.3) is 0 Å². The lowest BCUT2D eigenvalue weighted by atomic mass is 10.1. The molecule has 0 bridgehead atoms. The molecule has 3 N–H and O–H groups in total. The first-order valence-electron chi connectivity index (χ1n) is 6.58. The molecule has 1 fully saturated rings. The maximum atomic E-state index is 11.3. The van der Waals surface area contributed by atoms with E-state index in [1.165, 1.54) is 17.1 Å². The number of nitrogens with zero attached hydrogens (tertiary/aromatic N) is 1. The third kappa shape index (κ3) is 6.45. The van der Waals surface area contributed by atoms with Crippen LogP contribution in [0.1, 0.15) is 11.1 Å². The van der Waals surface area contributed by atoms with Crippen molar-refractivity contribution in [2.75, 3.05) is 36.5 Å². The van der Waals surface area contributed by atoms with Crippen molar-refractivity contribution in [2.24, 2.45) is 5.73 Å². The number of halogens is 2. The van der Waals surface area contributed by atoms with Gasteiger partial charge in [0.25, 0.3) is 0 Å². The molecule has 7 heteroatoms. The fourth-order valence-corrected chi connectivity index (χ4v) is 3.16. The van der Waals surface area contributed by atoms with E-state index in [9.17, 15) is 4.79 Å². The van der Waals surface area contributed by atoms with Gasteiger partial charge in [-0.25, -0.2) is 0 Å². The highest BCUT2D eigenvalue weighted by Gasteiger charge is 2.11. The lowest BCUT2D eigenvalue weighted by molar-refractivity contribution is -0.114. The Morgan fingerprint density at radius 1 is 1.33 bits per heavy atom. The third-order valence-corrected chi connectivity index (χ3v) is 4.20. The number of anilines is 1. The second kappa shape index (κ2) is 10.3. The average molecular weight is 352 g/mol. The molecule has 0 aliphatic carbocycles. The maximum Gasteiger partial charge on any atom is 0.238 e. The highest BCUT2D eigenvalue weighted by atomic mass is 35.5. The van der Waals surface area contributed by atoms with Crippen LogP contribution in [-0.2, 0) is 11.3 Å². The van der Waals surface area contributed by atoms with Gasteiger partial charge in [-0.3, -0.25) is 9.69 Å². The minimum absolute atomic E-state index is 0. The molecule has 4 nitrogen and oxygen atoms in total. The number of rotatable bonds is 4. The summed E-state index contributed by atoms with van der Waals surface area (Å²) in [6, 6.07) is 6.20. The van der Waals surface area contributed by atoms with E-state index in [-0.39, 0.29) is 37.3 Å². The van der Waals surface area contributed by atoms with Crippen LogP contribution in [0, 0.1) is 6.92 Å². The molecular weight excluding hydrogens is 329 g/mol. The molecule has 1 heterocycles. The SMILES string of the molecule is Cc1cc(CN2CCSCC2)ccc1NC(=O)CN.Cl.Cl. The van der Waals surface area contributed by atoms with E-state index < -0.39 is 0 Å². The molecule has 0 aromatic heterocycles. The van der Waals surface area contributed by atoms with Crippen LogP contribution < -0.4 is 11.1 Å². The van der Waals surface area contributed by atoms with Gasteiger partial charge in [-0.05, 0) is 24.1 Å². The van der Waals surface area contributed by atoms with Gasteiger partial charge in [0.1, 0.15) is 0 Å². The molecule has 1 aromatic rings. The molecule has 120 valence electrons. The first kappa shape index (κ1) is 20.5. The fourth-order valence-electron chi connectivity index (χ4n) is 2.18. The number of carbonyl (C=O) groups excluding carboxylic acids is 1. The van der Waals surface area contributed by atoms with Gasteiger partial charge in [0.15, 0.2) is 0 Å². The van der Waals surface area contributed by atoms with Crippen molar-refractivity contribution in [3.63, 3.8) is 0 Å². The summed E-state index contributed by atoms with van der Waals surface area (Å²) < 4.78 is 0. The molecule has 21 heavy (non-hydrogen) atoms. The lowest BCUT2D eigenvalue weighted by Gasteiger charge is -2.26. The van der Waals surface area contributed by atoms with E-state index in [1.54, 1.807) is 0 Å². The van der Waals surface area contributed by atoms with Crippen molar-refractivity contribution >= 4 is 48.2 Å². The van der Waals surface area contributed by atoms with Gasteiger partial charge in [0.05, 0.1) is 6.54 Å². The molecule has 1 aromatic carbocycles. The molecule has 0 spiro atoms. The van der Waals surface area contributed by atoms with Gasteiger partial charge in [0, 0.05) is 36.8 Å². The zero-order valence-electron chi connectivity index (χ0n) is 12.1. The second-order valence-corrected chi connectivity index (χ2v) is 6.01. The van der Waals surface area contributed by atoms with Crippen LogP contribution in [-0.4, -0.2) is 41.9 Å². The normalized spacial score (nSPS) is 14.8. The Bertz CT molecular complexity index is 454. The van der Waals surface area contributed by atoms with Crippen LogP contribution in [0.3, 0.4) is 0 Å². The zero-order chi connectivity index (χ0) is 13.7. The van der Waals surface area contributed by atoms with Gasteiger partial charge in [-0.1, -0.05) is 12.1 Å². The number of hydrogen-bond acceptors (Lipinski definition) is 4. The van der Waals surface area contributed by atoms with E-state index in [2.05, 4.69) is 22.3 Å². The topological polar surface area (TPSA) is 58.4 Å². The molecule has 0 radical (unpaired) electrons. The van der Waals surface area contributed by atoms with E-state index in [0.29, 0.717) is 0 Å². The average Bonchev–Trinajstić information content (AvgIpc) is 2.43. The number of amides is 1. The van der Waals surface area contributed by atoms with Crippen molar-refractivity contribution < 1.29 is 4.79 Å². The summed E-state index contributed by atoms with van der Waals surface area (Å²) in [5, 5.41) is 2.81. The molecule has 1 amide bonds. The number of thioether (sulfide) groups is 1. The lowest BCUT2D eigenvalue weighted by Crippen LogP contribution is -2.32. The van der Waals surface area contributed by atoms with E-state index in [0.717, 1.165) is 30.9 Å². The molecule has 2 rings (SSSR count). The summed E-state index contributed by atoms with van der Waals surface area (Å²) in [5.74, 6) is 2.30. The Kier molecular flexibility index (Phi) is 10.1. The summed E-state index contributed by atoms with van der Waals surface area (Å²) in [4.78, 5) is 13.8. The molecule has 0 unspecified atom stereocenters. The van der Waals surface area contributed by atoms with Crippen LogP contribution in [0.5, 0.6) is 0 Å². The smallest absolute Gasteiger partial charge is 0.238 e. The van der Waals surface area contributed by atoms with E-state index in [1.807, 2.05) is 24.8 Å². The monoisotopic (exact) mass is 351 g/mol. The van der Waals surface area contributed by atoms with Crippen LogP contribution in [0.2, 0.25) is 0 Å². The van der Waals surface area contributed by atoms with Crippen molar-refractivity contribution in [1.29, 1.82) is 0 Å². The molecule has 1 aliphatic rings. The molecule has 1 saturated heterocycles. The Hall–Kier alpha value is -0.460. The predicted octanol–water partition coefficient (Wildman–Crippen LogP) is 2.28. The quantitative estimate of drug-likeness (QED) is 0.873. The first-order chi connectivity index (χ1) is 9.19. The zero-order valence-corrected chi connectivity index (χ0v) is 14.6. The van der Waals surface area contributed by atoms with Crippen molar-refractivity contribution in [1.82, 2.24) is 4.90 Å². The number of nitrogens with one attached hydrogen (secondary N) is 1.